The van der Waals surface area contributed by atoms with Gasteiger partial charge in [-0.2, -0.15) is 0 Å². The van der Waals surface area contributed by atoms with Gasteiger partial charge < -0.3 is 4.74 Å². The van der Waals surface area contributed by atoms with Gasteiger partial charge in [-0.25, -0.2) is 0 Å². The van der Waals surface area contributed by atoms with Crippen molar-refractivity contribution in [3.05, 3.63) is 63.6 Å². The van der Waals surface area contributed by atoms with Crippen molar-refractivity contribution in [3.63, 3.8) is 0 Å². The lowest BCUT2D eigenvalue weighted by Gasteiger charge is -2.12. The largest absolute Gasteiger partial charge is 0.484 e. The molecule has 0 heterocycles. The number of carbonyl (C=O) groups excluding carboxylic acids is 2. The van der Waals surface area contributed by atoms with Crippen molar-refractivity contribution < 1.29 is 14.3 Å². The third-order valence-electron chi connectivity index (χ3n) is 3.15. The molecule has 0 saturated heterocycles. The van der Waals surface area contributed by atoms with E-state index in [0.29, 0.717) is 21.4 Å². The number of halogens is 2. The minimum absolute atomic E-state index is 0.0550. The molecule has 0 fully saturated rings. The third kappa shape index (κ3) is 6.18. The molecule has 136 valence electrons. The van der Waals surface area contributed by atoms with Crippen LogP contribution in [0.2, 0.25) is 10.0 Å². The van der Waals surface area contributed by atoms with E-state index in [0.717, 1.165) is 5.56 Å². The molecule has 0 unspecified atom stereocenters. The normalized spacial score (nSPS) is 9.96. The summed E-state index contributed by atoms with van der Waals surface area (Å²) in [5.41, 5.74) is 5.97. The third-order valence-corrected chi connectivity index (χ3v) is 4.03. The lowest BCUT2D eigenvalue weighted by molar-refractivity contribution is -0.123. The molecule has 0 saturated carbocycles. The Bertz CT molecular complexity index is 829. The highest BCUT2D eigenvalue weighted by atomic mass is 35.5. The van der Waals surface area contributed by atoms with E-state index in [1.54, 1.807) is 42.5 Å². The summed E-state index contributed by atoms with van der Waals surface area (Å²) in [6.45, 7) is 1.60. The van der Waals surface area contributed by atoms with E-state index in [1.165, 1.54) is 0 Å². The highest BCUT2D eigenvalue weighted by molar-refractivity contribution is 7.80. The van der Waals surface area contributed by atoms with Gasteiger partial charge in [0.05, 0.1) is 0 Å². The zero-order valence-corrected chi connectivity index (χ0v) is 16.0. The first-order chi connectivity index (χ1) is 12.3. The molecule has 2 rings (SSSR count). The molecule has 0 aliphatic heterocycles. The highest BCUT2D eigenvalue weighted by Crippen LogP contribution is 2.20. The maximum atomic E-state index is 12.0. The Morgan fingerprint density at radius 1 is 1.08 bits per heavy atom. The molecule has 0 bridgehead atoms. The van der Waals surface area contributed by atoms with Crippen molar-refractivity contribution in [3.8, 4) is 5.75 Å². The summed E-state index contributed by atoms with van der Waals surface area (Å²) in [6.07, 6.45) is 0. The SMILES string of the molecule is Cc1cc(OCC(=O)NNC(=S)NC(=O)c2ccc(Cl)cc2)ccc1Cl. The van der Waals surface area contributed by atoms with Crippen molar-refractivity contribution in [1.29, 1.82) is 0 Å². The first-order valence-electron chi connectivity index (χ1n) is 7.40. The molecule has 2 aromatic carbocycles. The van der Waals surface area contributed by atoms with Gasteiger partial charge in [-0.3, -0.25) is 25.8 Å². The molecule has 0 spiro atoms. The van der Waals surface area contributed by atoms with Crippen molar-refractivity contribution in [2.24, 2.45) is 0 Å². The number of amides is 2. The average molecular weight is 412 g/mol. The molecule has 6 nitrogen and oxygen atoms in total. The number of thiocarbonyl (C=S) groups is 1. The lowest BCUT2D eigenvalue weighted by Crippen LogP contribution is -2.49. The smallest absolute Gasteiger partial charge is 0.276 e. The van der Waals surface area contributed by atoms with Crippen LogP contribution < -0.4 is 20.9 Å². The second-order valence-electron chi connectivity index (χ2n) is 5.16. The van der Waals surface area contributed by atoms with E-state index in [1.807, 2.05) is 6.92 Å². The molecule has 26 heavy (non-hydrogen) atoms. The molecule has 2 aromatic rings. The molecule has 0 aliphatic carbocycles. The van der Waals surface area contributed by atoms with Gasteiger partial charge in [-0.05, 0) is 67.2 Å². The monoisotopic (exact) mass is 411 g/mol. The van der Waals surface area contributed by atoms with Crippen LogP contribution in [0.1, 0.15) is 15.9 Å². The number of ether oxygens (including phenoxy) is 1. The Hall–Kier alpha value is -2.35. The first-order valence-corrected chi connectivity index (χ1v) is 8.56. The summed E-state index contributed by atoms with van der Waals surface area (Å²) in [7, 11) is 0. The summed E-state index contributed by atoms with van der Waals surface area (Å²) < 4.78 is 5.34. The number of nitrogens with one attached hydrogen (secondary N) is 3. The van der Waals surface area contributed by atoms with Crippen LogP contribution in [0.5, 0.6) is 5.75 Å². The van der Waals surface area contributed by atoms with Gasteiger partial charge in [0.1, 0.15) is 5.75 Å². The van der Waals surface area contributed by atoms with Gasteiger partial charge >= 0.3 is 0 Å². The molecule has 0 aliphatic rings. The maximum Gasteiger partial charge on any atom is 0.276 e. The van der Waals surface area contributed by atoms with Crippen LogP contribution >= 0.6 is 35.4 Å². The van der Waals surface area contributed by atoms with Crippen LogP contribution in [0.3, 0.4) is 0 Å². The molecular formula is C17H15Cl2N3O3S. The predicted octanol–water partition coefficient (Wildman–Crippen LogP) is 3.02. The van der Waals surface area contributed by atoms with E-state index >= 15 is 0 Å². The molecule has 0 aromatic heterocycles. The molecular weight excluding hydrogens is 397 g/mol. The van der Waals surface area contributed by atoms with E-state index in [4.69, 9.17) is 40.2 Å². The summed E-state index contributed by atoms with van der Waals surface area (Å²) in [4.78, 5) is 23.7. The second kappa shape index (κ2) is 9.38. The van der Waals surface area contributed by atoms with Gasteiger partial charge in [-0.1, -0.05) is 23.2 Å². The molecule has 3 N–H and O–H groups in total. The van der Waals surface area contributed by atoms with Crippen LogP contribution in [0.25, 0.3) is 0 Å². The van der Waals surface area contributed by atoms with Gasteiger partial charge in [0.25, 0.3) is 11.8 Å². The summed E-state index contributed by atoms with van der Waals surface area (Å²) in [6, 6.07) is 11.4. The Morgan fingerprint density at radius 2 is 1.77 bits per heavy atom. The minimum Gasteiger partial charge on any atom is -0.484 e. The molecule has 0 radical (unpaired) electrons. The zero-order valence-electron chi connectivity index (χ0n) is 13.6. The first kappa shape index (κ1) is 20.0. The van der Waals surface area contributed by atoms with E-state index < -0.39 is 11.8 Å². The van der Waals surface area contributed by atoms with Crippen molar-refractivity contribution in [2.45, 2.75) is 6.92 Å². The maximum absolute atomic E-state index is 12.0. The number of hydrogen-bond acceptors (Lipinski definition) is 4. The lowest BCUT2D eigenvalue weighted by atomic mass is 10.2. The predicted molar refractivity (Wildman–Crippen MR) is 104 cm³/mol. The highest BCUT2D eigenvalue weighted by Gasteiger charge is 2.09. The van der Waals surface area contributed by atoms with Crippen molar-refractivity contribution >= 4 is 52.3 Å². The number of rotatable bonds is 4. The molecule has 0 atom stereocenters. The Labute approximate surface area is 165 Å². The molecule has 2 amide bonds. The fraction of sp³-hybridized carbons (Fsp3) is 0.118. The topological polar surface area (TPSA) is 79.5 Å². The Balaban J connectivity index is 1.74. The Morgan fingerprint density at radius 3 is 2.42 bits per heavy atom. The van der Waals surface area contributed by atoms with Crippen LogP contribution in [0.15, 0.2) is 42.5 Å². The fourth-order valence-corrected chi connectivity index (χ4v) is 2.21. The van der Waals surface area contributed by atoms with Gasteiger partial charge in [0.2, 0.25) is 0 Å². The summed E-state index contributed by atoms with van der Waals surface area (Å²) in [5, 5.41) is 3.51. The molecule has 9 heteroatoms. The summed E-state index contributed by atoms with van der Waals surface area (Å²) >= 11 is 16.6. The fourth-order valence-electron chi connectivity index (χ4n) is 1.83. The van der Waals surface area contributed by atoms with Crippen molar-refractivity contribution in [2.75, 3.05) is 6.61 Å². The number of carbonyl (C=O) groups is 2. The summed E-state index contributed by atoms with van der Waals surface area (Å²) in [5.74, 6) is -0.386. The Kier molecular flexibility index (Phi) is 7.20. The number of hydrazine groups is 1. The van der Waals surface area contributed by atoms with Crippen LogP contribution in [-0.4, -0.2) is 23.5 Å². The second-order valence-corrected chi connectivity index (χ2v) is 6.41. The number of benzene rings is 2. The number of aryl methyl sites for hydroxylation is 1. The minimum atomic E-state index is -0.472. The number of hydrogen-bond donors (Lipinski definition) is 3. The van der Waals surface area contributed by atoms with E-state index in [-0.39, 0.29) is 11.7 Å². The van der Waals surface area contributed by atoms with Crippen LogP contribution in [0, 0.1) is 6.92 Å². The zero-order chi connectivity index (χ0) is 19.1. The quantitative estimate of drug-likeness (QED) is 0.532. The van der Waals surface area contributed by atoms with E-state index in [9.17, 15) is 9.59 Å². The van der Waals surface area contributed by atoms with Gasteiger partial charge in [0, 0.05) is 15.6 Å². The average Bonchev–Trinajstić information content (AvgIpc) is 2.61. The van der Waals surface area contributed by atoms with Crippen molar-refractivity contribution in [1.82, 2.24) is 16.2 Å². The van der Waals surface area contributed by atoms with Gasteiger partial charge in [0.15, 0.2) is 11.7 Å². The van der Waals surface area contributed by atoms with Crippen LogP contribution in [0.4, 0.5) is 0 Å². The van der Waals surface area contributed by atoms with E-state index in [2.05, 4.69) is 16.2 Å². The van der Waals surface area contributed by atoms with Gasteiger partial charge in [-0.15, -0.1) is 0 Å². The standard InChI is InChI=1S/C17H15Cl2N3O3S/c1-10-8-13(6-7-14(10)19)25-9-15(23)21-22-17(26)20-16(24)11-2-4-12(18)5-3-11/h2-8H,9H2,1H3,(H,21,23)(H2,20,22,24,26). The van der Waals surface area contributed by atoms with Crippen LogP contribution in [-0.2, 0) is 4.79 Å².